The van der Waals surface area contributed by atoms with Gasteiger partial charge in [0, 0.05) is 23.5 Å². The highest BCUT2D eigenvalue weighted by molar-refractivity contribution is 6.31. The van der Waals surface area contributed by atoms with Crippen LogP contribution in [0.25, 0.3) is 0 Å². The van der Waals surface area contributed by atoms with E-state index in [0.717, 1.165) is 11.3 Å². The van der Waals surface area contributed by atoms with Gasteiger partial charge in [0.05, 0.1) is 0 Å². The van der Waals surface area contributed by atoms with Crippen LogP contribution >= 0.6 is 11.6 Å². The SMILES string of the molecule is Fc1ccc(Nc2nccc(NCc3ccccc3Cl)n2)cc1. The van der Waals surface area contributed by atoms with E-state index in [4.69, 9.17) is 11.6 Å². The van der Waals surface area contributed by atoms with Gasteiger partial charge in [0.15, 0.2) is 0 Å². The van der Waals surface area contributed by atoms with Crippen molar-refractivity contribution in [2.45, 2.75) is 6.54 Å². The van der Waals surface area contributed by atoms with Gasteiger partial charge in [-0.2, -0.15) is 4.98 Å². The lowest BCUT2D eigenvalue weighted by Crippen LogP contribution is -2.04. The Kier molecular flexibility index (Phi) is 4.68. The first kappa shape index (κ1) is 15.2. The third kappa shape index (κ3) is 4.17. The summed E-state index contributed by atoms with van der Waals surface area (Å²) in [5.41, 5.74) is 1.70. The van der Waals surface area contributed by atoms with Gasteiger partial charge in [0.1, 0.15) is 11.6 Å². The Morgan fingerprint density at radius 3 is 2.57 bits per heavy atom. The van der Waals surface area contributed by atoms with E-state index < -0.39 is 0 Å². The molecule has 0 aliphatic carbocycles. The molecule has 0 radical (unpaired) electrons. The van der Waals surface area contributed by atoms with Gasteiger partial charge in [-0.25, -0.2) is 9.37 Å². The van der Waals surface area contributed by atoms with E-state index in [2.05, 4.69) is 20.6 Å². The Morgan fingerprint density at radius 2 is 1.78 bits per heavy atom. The maximum atomic E-state index is 12.9. The topological polar surface area (TPSA) is 49.8 Å². The lowest BCUT2D eigenvalue weighted by Gasteiger charge is -2.09. The largest absolute Gasteiger partial charge is 0.366 e. The molecule has 0 atom stereocenters. The Bertz CT molecular complexity index is 793. The fraction of sp³-hybridized carbons (Fsp3) is 0.0588. The minimum Gasteiger partial charge on any atom is -0.366 e. The van der Waals surface area contributed by atoms with E-state index in [1.54, 1.807) is 24.4 Å². The standard InChI is InChI=1S/C17H14ClFN4/c18-15-4-2-1-3-12(15)11-21-16-9-10-20-17(23-16)22-14-7-5-13(19)6-8-14/h1-10H,11H2,(H2,20,21,22,23). The number of rotatable bonds is 5. The van der Waals surface area contributed by atoms with Crippen LogP contribution in [-0.4, -0.2) is 9.97 Å². The zero-order valence-electron chi connectivity index (χ0n) is 12.1. The van der Waals surface area contributed by atoms with Crippen LogP contribution < -0.4 is 10.6 Å². The summed E-state index contributed by atoms with van der Waals surface area (Å²) in [4.78, 5) is 8.51. The summed E-state index contributed by atoms with van der Waals surface area (Å²) in [6.07, 6.45) is 1.65. The van der Waals surface area contributed by atoms with Gasteiger partial charge in [0.2, 0.25) is 5.95 Å². The molecular weight excluding hydrogens is 315 g/mol. The van der Waals surface area contributed by atoms with Crippen molar-refractivity contribution in [2.24, 2.45) is 0 Å². The molecule has 0 aliphatic heterocycles. The summed E-state index contributed by atoms with van der Waals surface area (Å²) >= 11 is 6.13. The second-order valence-corrected chi connectivity index (χ2v) is 5.25. The molecule has 0 bridgehead atoms. The third-order valence-electron chi connectivity index (χ3n) is 3.17. The van der Waals surface area contributed by atoms with Gasteiger partial charge in [-0.05, 0) is 42.0 Å². The smallest absolute Gasteiger partial charge is 0.229 e. The number of halogens is 2. The quantitative estimate of drug-likeness (QED) is 0.717. The molecule has 0 saturated carbocycles. The van der Waals surface area contributed by atoms with Crippen LogP contribution in [0.5, 0.6) is 0 Å². The van der Waals surface area contributed by atoms with Gasteiger partial charge in [0.25, 0.3) is 0 Å². The molecule has 0 fully saturated rings. The summed E-state index contributed by atoms with van der Waals surface area (Å²) in [7, 11) is 0. The van der Waals surface area contributed by atoms with Crippen molar-refractivity contribution in [1.29, 1.82) is 0 Å². The van der Waals surface area contributed by atoms with Gasteiger partial charge in [-0.3, -0.25) is 0 Å². The fourth-order valence-corrected chi connectivity index (χ4v) is 2.21. The number of nitrogens with one attached hydrogen (secondary N) is 2. The predicted molar refractivity (Wildman–Crippen MR) is 90.5 cm³/mol. The normalized spacial score (nSPS) is 10.3. The Balaban J connectivity index is 1.67. The summed E-state index contributed by atoms with van der Waals surface area (Å²) in [6, 6.07) is 15.4. The van der Waals surface area contributed by atoms with E-state index in [-0.39, 0.29) is 5.82 Å². The van der Waals surface area contributed by atoms with Crippen molar-refractivity contribution < 1.29 is 4.39 Å². The minimum atomic E-state index is -0.286. The molecule has 0 unspecified atom stereocenters. The average molecular weight is 329 g/mol. The molecule has 1 heterocycles. The molecule has 0 spiro atoms. The highest BCUT2D eigenvalue weighted by Gasteiger charge is 2.02. The van der Waals surface area contributed by atoms with Gasteiger partial charge >= 0.3 is 0 Å². The van der Waals surface area contributed by atoms with Gasteiger partial charge in [-0.1, -0.05) is 29.8 Å². The van der Waals surface area contributed by atoms with Gasteiger partial charge in [-0.15, -0.1) is 0 Å². The van der Waals surface area contributed by atoms with Crippen LogP contribution in [0.3, 0.4) is 0 Å². The summed E-state index contributed by atoms with van der Waals surface area (Å²) in [5.74, 6) is 0.817. The molecule has 4 nitrogen and oxygen atoms in total. The summed E-state index contributed by atoms with van der Waals surface area (Å²) < 4.78 is 12.9. The highest BCUT2D eigenvalue weighted by atomic mass is 35.5. The number of hydrogen-bond acceptors (Lipinski definition) is 4. The Morgan fingerprint density at radius 1 is 1.00 bits per heavy atom. The van der Waals surface area contributed by atoms with E-state index >= 15 is 0 Å². The zero-order chi connectivity index (χ0) is 16.1. The third-order valence-corrected chi connectivity index (χ3v) is 3.54. The second-order valence-electron chi connectivity index (χ2n) is 4.84. The van der Waals surface area contributed by atoms with Crippen LogP contribution in [0.2, 0.25) is 5.02 Å². The van der Waals surface area contributed by atoms with Crippen molar-refractivity contribution in [3.8, 4) is 0 Å². The van der Waals surface area contributed by atoms with Crippen LogP contribution in [0.4, 0.5) is 21.8 Å². The maximum absolute atomic E-state index is 12.9. The number of hydrogen-bond donors (Lipinski definition) is 2. The number of aromatic nitrogens is 2. The minimum absolute atomic E-state index is 0.286. The first-order valence-electron chi connectivity index (χ1n) is 7.03. The summed E-state index contributed by atoms with van der Waals surface area (Å²) in [6.45, 7) is 0.562. The molecule has 116 valence electrons. The molecule has 0 amide bonds. The predicted octanol–water partition coefficient (Wildman–Crippen LogP) is 4.62. The first-order valence-corrected chi connectivity index (χ1v) is 7.41. The van der Waals surface area contributed by atoms with E-state index in [9.17, 15) is 4.39 Å². The monoisotopic (exact) mass is 328 g/mol. The molecule has 3 aromatic rings. The van der Waals surface area contributed by atoms with Crippen LogP contribution in [0, 0.1) is 5.82 Å². The zero-order valence-corrected chi connectivity index (χ0v) is 12.9. The van der Waals surface area contributed by atoms with Crippen LogP contribution in [0.15, 0.2) is 60.8 Å². The van der Waals surface area contributed by atoms with E-state index in [1.807, 2.05) is 24.3 Å². The molecule has 3 rings (SSSR count). The fourth-order valence-electron chi connectivity index (χ4n) is 2.01. The summed E-state index contributed by atoms with van der Waals surface area (Å²) in [5, 5.41) is 6.93. The molecule has 1 aromatic heterocycles. The Hall–Kier alpha value is -2.66. The first-order chi connectivity index (χ1) is 11.2. The maximum Gasteiger partial charge on any atom is 0.229 e. The van der Waals surface area contributed by atoms with E-state index in [1.165, 1.54) is 12.1 Å². The second kappa shape index (κ2) is 7.07. The van der Waals surface area contributed by atoms with Crippen LogP contribution in [-0.2, 0) is 6.54 Å². The van der Waals surface area contributed by atoms with Crippen molar-refractivity contribution in [2.75, 3.05) is 10.6 Å². The number of anilines is 3. The molecule has 0 aliphatic rings. The van der Waals surface area contributed by atoms with E-state index in [0.29, 0.717) is 23.3 Å². The molecule has 2 aromatic carbocycles. The lowest BCUT2D eigenvalue weighted by molar-refractivity contribution is 0.628. The number of benzene rings is 2. The average Bonchev–Trinajstić information content (AvgIpc) is 2.57. The molecule has 0 saturated heterocycles. The highest BCUT2D eigenvalue weighted by Crippen LogP contribution is 2.18. The molecule has 2 N–H and O–H groups in total. The van der Waals surface area contributed by atoms with Crippen molar-refractivity contribution >= 4 is 29.1 Å². The number of nitrogens with zero attached hydrogens (tertiary/aromatic N) is 2. The molecule has 23 heavy (non-hydrogen) atoms. The van der Waals surface area contributed by atoms with Crippen molar-refractivity contribution in [3.63, 3.8) is 0 Å². The van der Waals surface area contributed by atoms with Crippen molar-refractivity contribution in [1.82, 2.24) is 9.97 Å². The molecular formula is C17H14ClFN4. The van der Waals surface area contributed by atoms with Crippen LogP contribution in [0.1, 0.15) is 5.56 Å². The lowest BCUT2D eigenvalue weighted by atomic mass is 10.2. The molecule has 6 heteroatoms. The Labute approximate surface area is 138 Å². The van der Waals surface area contributed by atoms with Crippen molar-refractivity contribution in [3.05, 3.63) is 77.2 Å². The van der Waals surface area contributed by atoms with Gasteiger partial charge < -0.3 is 10.6 Å².